The van der Waals surface area contributed by atoms with E-state index in [1.165, 1.54) is 87.4 Å². The van der Waals surface area contributed by atoms with Gasteiger partial charge in [0.2, 0.25) is 0 Å². The summed E-state index contributed by atoms with van der Waals surface area (Å²) >= 11 is 0. The molecule has 322 valence electrons. The monoisotopic (exact) mass is 878 g/mol. The Morgan fingerprint density at radius 1 is 0.348 bits per heavy atom. The summed E-state index contributed by atoms with van der Waals surface area (Å²) in [5, 5.41) is 13.2. The highest BCUT2D eigenvalue weighted by molar-refractivity contribution is 6.17. The zero-order chi connectivity index (χ0) is 45.5. The summed E-state index contributed by atoms with van der Waals surface area (Å²) in [4.78, 5) is 10.7. The number of para-hydroxylation sites is 3. The Bertz CT molecular complexity index is 4530. The largest absolute Gasteiger partial charge is 0.309 e. The van der Waals surface area contributed by atoms with Gasteiger partial charge in [0, 0.05) is 54.5 Å². The second-order valence-corrected chi connectivity index (χ2v) is 19.3. The third-order valence-electron chi connectivity index (χ3n) is 15.3. The SMILES string of the molecule is CC1(C)c2ccccc2-c2ccc(-c3nc(-c4ccc(-n5c6ccccc6c6cc7cc(-n8c9ccccc9c9cc%10ccccc%10cc98)ccc7cc65)c5ccccc45)c4ccccc4n3)cc21. The summed E-state index contributed by atoms with van der Waals surface area (Å²) in [5.74, 6) is 0.732. The van der Waals surface area contributed by atoms with Crippen molar-refractivity contribution in [1.29, 1.82) is 0 Å². The van der Waals surface area contributed by atoms with Crippen LogP contribution < -0.4 is 0 Å². The van der Waals surface area contributed by atoms with Crippen molar-refractivity contribution >= 4 is 86.8 Å². The van der Waals surface area contributed by atoms with Crippen LogP contribution in [0.4, 0.5) is 0 Å². The van der Waals surface area contributed by atoms with Gasteiger partial charge in [-0.1, -0.05) is 166 Å². The Hall–Kier alpha value is -8.86. The molecule has 14 aromatic rings. The van der Waals surface area contributed by atoms with Crippen LogP contribution in [-0.4, -0.2) is 19.1 Å². The fraction of sp³-hybridized carbons (Fsp3) is 0.0462. The molecule has 3 aromatic heterocycles. The lowest BCUT2D eigenvalue weighted by Gasteiger charge is -2.22. The summed E-state index contributed by atoms with van der Waals surface area (Å²) in [5.41, 5.74) is 16.2. The van der Waals surface area contributed by atoms with Gasteiger partial charge in [0.15, 0.2) is 5.82 Å². The van der Waals surface area contributed by atoms with Gasteiger partial charge in [0.05, 0.1) is 39.0 Å². The van der Waals surface area contributed by atoms with E-state index in [1.54, 1.807) is 0 Å². The first kappa shape index (κ1) is 38.3. The molecule has 0 bridgehead atoms. The Balaban J connectivity index is 0.902. The molecule has 0 unspecified atom stereocenters. The molecule has 0 amide bonds. The lowest BCUT2D eigenvalue weighted by molar-refractivity contribution is 0.660. The molecule has 4 nitrogen and oxygen atoms in total. The van der Waals surface area contributed by atoms with Crippen LogP contribution in [0.1, 0.15) is 25.0 Å². The number of nitrogens with zero attached hydrogens (tertiary/aromatic N) is 4. The molecule has 69 heavy (non-hydrogen) atoms. The molecular weight excluding hydrogens is 837 g/mol. The van der Waals surface area contributed by atoms with E-state index in [-0.39, 0.29) is 5.41 Å². The minimum Gasteiger partial charge on any atom is -0.309 e. The topological polar surface area (TPSA) is 35.6 Å². The summed E-state index contributed by atoms with van der Waals surface area (Å²) in [6.07, 6.45) is 0. The second-order valence-electron chi connectivity index (χ2n) is 19.3. The third-order valence-corrected chi connectivity index (χ3v) is 15.3. The van der Waals surface area contributed by atoms with Crippen LogP contribution in [0.3, 0.4) is 0 Å². The van der Waals surface area contributed by atoms with Crippen LogP contribution in [0.5, 0.6) is 0 Å². The van der Waals surface area contributed by atoms with E-state index >= 15 is 0 Å². The summed E-state index contributed by atoms with van der Waals surface area (Å²) < 4.78 is 4.91. The number of rotatable bonds is 4. The van der Waals surface area contributed by atoms with Gasteiger partial charge in [-0.2, -0.15) is 0 Å². The smallest absolute Gasteiger partial charge is 0.160 e. The fourth-order valence-corrected chi connectivity index (χ4v) is 12.0. The standard InChI is InChI=1S/C65H42N4/c1-65(2)55-23-11-7-18-46(55)47-30-28-42(36-56(47)65)64-66-57-24-12-8-22-52(57)63(67-64)51-31-32-60(48-19-6-5-17-45(48)51)69-59-26-14-10-21-50(59)54-35-43-33-44(29-27-41(43)38-62(54)69)68-58-25-13-9-20-49(58)53-34-39-15-3-4-16-40(39)37-61(53)68/h3-38H,1-2H3. The van der Waals surface area contributed by atoms with Gasteiger partial charge < -0.3 is 9.13 Å². The molecule has 0 radical (unpaired) electrons. The maximum absolute atomic E-state index is 5.49. The highest BCUT2D eigenvalue weighted by atomic mass is 15.0. The molecule has 0 atom stereocenters. The van der Waals surface area contributed by atoms with Gasteiger partial charge in [-0.3, -0.25) is 0 Å². The van der Waals surface area contributed by atoms with Crippen molar-refractivity contribution in [1.82, 2.24) is 19.1 Å². The van der Waals surface area contributed by atoms with Gasteiger partial charge in [-0.05, 0) is 116 Å². The van der Waals surface area contributed by atoms with Crippen LogP contribution in [0.2, 0.25) is 0 Å². The van der Waals surface area contributed by atoms with Crippen molar-refractivity contribution in [3.8, 4) is 45.1 Å². The molecule has 15 rings (SSSR count). The van der Waals surface area contributed by atoms with Gasteiger partial charge >= 0.3 is 0 Å². The Morgan fingerprint density at radius 3 is 1.72 bits per heavy atom. The van der Waals surface area contributed by atoms with Gasteiger partial charge in [0.25, 0.3) is 0 Å². The molecule has 0 saturated heterocycles. The molecule has 1 aliphatic rings. The maximum Gasteiger partial charge on any atom is 0.160 e. The number of fused-ring (bicyclic) bond motifs is 13. The van der Waals surface area contributed by atoms with Crippen molar-refractivity contribution in [2.75, 3.05) is 0 Å². The van der Waals surface area contributed by atoms with E-state index in [0.29, 0.717) is 0 Å². The van der Waals surface area contributed by atoms with Crippen molar-refractivity contribution in [3.05, 3.63) is 230 Å². The predicted molar refractivity (Wildman–Crippen MR) is 289 cm³/mol. The molecule has 3 heterocycles. The van der Waals surface area contributed by atoms with E-state index < -0.39 is 0 Å². The zero-order valence-electron chi connectivity index (χ0n) is 38.1. The van der Waals surface area contributed by atoms with Crippen molar-refractivity contribution < 1.29 is 0 Å². The molecular formula is C65H42N4. The highest BCUT2D eigenvalue weighted by Gasteiger charge is 2.35. The third kappa shape index (κ3) is 5.46. The fourth-order valence-electron chi connectivity index (χ4n) is 12.0. The van der Waals surface area contributed by atoms with E-state index in [4.69, 9.17) is 9.97 Å². The average molecular weight is 879 g/mol. The lowest BCUT2D eigenvalue weighted by atomic mass is 9.82. The number of hydrogen-bond donors (Lipinski definition) is 0. The van der Waals surface area contributed by atoms with Crippen molar-refractivity contribution in [2.24, 2.45) is 0 Å². The first-order valence-electron chi connectivity index (χ1n) is 23.9. The van der Waals surface area contributed by atoms with Gasteiger partial charge in [0.1, 0.15) is 0 Å². The molecule has 0 saturated carbocycles. The normalized spacial score (nSPS) is 13.2. The average Bonchev–Trinajstić information content (AvgIpc) is 3.98. The van der Waals surface area contributed by atoms with Crippen LogP contribution in [0.25, 0.3) is 132 Å². The van der Waals surface area contributed by atoms with Crippen LogP contribution in [0.15, 0.2) is 218 Å². The minimum atomic E-state index is -0.126. The Labute approximate surface area is 398 Å². The summed E-state index contributed by atoms with van der Waals surface area (Å²) in [6, 6.07) is 80.2. The van der Waals surface area contributed by atoms with E-state index in [2.05, 4.69) is 241 Å². The second kappa shape index (κ2) is 14.1. The van der Waals surface area contributed by atoms with Crippen LogP contribution in [0, 0.1) is 0 Å². The molecule has 4 heteroatoms. The first-order chi connectivity index (χ1) is 34.0. The quantitative estimate of drug-likeness (QED) is 0.177. The molecule has 0 N–H and O–H groups in total. The summed E-state index contributed by atoms with van der Waals surface area (Å²) in [6.45, 7) is 4.65. The number of aromatic nitrogens is 4. The van der Waals surface area contributed by atoms with E-state index in [0.717, 1.165) is 55.7 Å². The van der Waals surface area contributed by atoms with Gasteiger partial charge in [-0.25, -0.2) is 9.97 Å². The maximum atomic E-state index is 5.49. The van der Waals surface area contributed by atoms with E-state index in [9.17, 15) is 0 Å². The van der Waals surface area contributed by atoms with E-state index in [1.807, 2.05) is 0 Å². The molecule has 0 aliphatic heterocycles. The Morgan fingerprint density at radius 2 is 0.928 bits per heavy atom. The summed E-state index contributed by atoms with van der Waals surface area (Å²) in [7, 11) is 0. The Kier molecular flexibility index (Phi) is 7.81. The van der Waals surface area contributed by atoms with Crippen molar-refractivity contribution in [3.63, 3.8) is 0 Å². The number of benzene rings is 11. The highest BCUT2D eigenvalue weighted by Crippen LogP contribution is 2.50. The predicted octanol–water partition coefficient (Wildman–Crippen LogP) is 16.9. The van der Waals surface area contributed by atoms with Crippen molar-refractivity contribution in [2.45, 2.75) is 19.3 Å². The zero-order valence-corrected chi connectivity index (χ0v) is 38.1. The molecule has 11 aromatic carbocycles. The molecule has 0 spiro atoms. The first-order valence-corrected chi connectivity index (χ1v) is 23.9. The lowest BCUT2D eigenvalue weighted by Crippen LogP contribution is -2.15. The van der Waals surface area contributed by atoms with Crippen LogP contribution in [-0.2, 0) is 5.41 Å². The van der Waals surface area contributed by atoms with Crippen LogP contribution >= 0.6 is 0 Å². The number of hydrogen-bond acceptors (Lipinski definition) is 2. The molecule has 1 aliphatic carbocycles. The minimum absolute atomic E-state index is 0.126. The molecule has 0 fully saturated rings. The van der Waals surface area contributed by atoms with Gasteiger partial charge in [-0.15, -0.1) is 0 Å².